The van der Waals surface area contributed by atoms with Gasteiger partial charge in [0.1, 0.15) is 0 Å². The van der Waals surface area contributed by atoms with Crippen LogP contribution in [0.15, 0.2) is 39.9 Å². The highest BCUT2D eigenvalue weighted by Gasteiger charge is 2.21. The van der Waals surface area contributed by atoms with E-state index in [1.54, 1.807) is 30.5 Å². The maximum absolute atomic E-state index is 12.5. The van der Waals surface area contributed by atoms with Gasteiger partial charge in [0.05, 0.1) is 4.90 Å². The summed E-state index contributed by atoms with van der Waals surface area (Å²) in [6.07, 6.45) is 0.789. The smallest absolute Gasteiger partial charge is 0.243 e. The van der Waals surface area contributed by atoms with Gasteiger partial charge in [-0.2, -0.15) is 15.6 Å². The van der Waals surface area contributed by atoms with Crippen LogP contribution in [0, 0.1) is 0 Å². The molecular weight excluding hydrogens is 292 g/mol. The summed E-state index contributed by atoms with van der Waals surface area (Å²) in [7, 11) is -1.92. The third-order valence-corrected chi connectivity index (χ3v) is 5.72. The number of benzene rings is 1. The average molecular weight is 310 g/mol. The molecule has 0 aliphatic carbocycles. The molecular formula is C14H18N2O2S2. The molecule has 0 fully saturated rings. The lowest BCUT2D eigenvalue weighted by Gasteiger charge is -2.17. The van der Waals surface area contributed by atoms with Crippen molar-refractivity contribution in [3.63, 3.8) is 0 Å². The Balaban J connectivity index is 2.27. The van der Waals surface area contributed by atoms with Crippen molar-refractivity contribution in [3.05, 3.63) is 46.2 Å². The van der Waals surface area contributed by atoms with Crippen LogP contribution in [-0.2, 0) is 23.0 Å². The average Bonchev–Trinajstić information content (AvgIpc) is 2.91. The third kappa shape index (κ3) is 3.03. The summed E-state index contributed by atoms with van der Waals surface area (Å²) in [4.78, 5) is 0.241. The normalized spacial score (nSPS) is 11.9. The summed E-state index contributed by atoms with van der Waals surface area (Å²) in [6.45, 7) is 2.35. The quantitative estimate of drug-likeness (QED) is 0.864. The number of rotatable bonds is 5. The fraction of sp³-hybridized carbons (Fsp3) is 0.286. The van der Waals surface area contributed by atoms with Gasteiger partial charge < -0.3 is 5.73 Å². The van der Waals surface area contributed by atoms with E-state index in [2.05, 4.69) is 0 Å². The Morgan fingerprint density at radius 1 is 1.30 bits per heavy atom. The molecule has 20 heavy (non-hydrogen) atoms. The highest BCUT2D eigenvalue weighted by Crippen LogP contribution is 2.22. The Morgan fingerprint density at radius 3 is 2.60 bits per heavy atom. The number of thiophene rings is 1. The van der Waals surface area contributed by atoms with Crippen LogP contribution in [0.2, 0.25) is 0 Å². The zero-order chi connectivity index (χ0) is 14.8. The molecule has 0 bridgehead atoms. The van der Waals surface area contributed by atoms with E-state index in [4.69, 9.17) is 5.73 Å². The Labute approximate surface area is 123 Å². The number of nitrogen functional groups attached to an aromatic ring is 1. The summed E-state index contributed by atoms with van der Waals surface area (Å²) >= 11 is 1.55. The summed E-state index contributed by atoms with van der Waals surface area (Å²) < 4.78 is 26.3. The van der Waals surface area contributed by atoms with Gasteiger partial charge in [-0.3, -0.25) is 0 Å². The van der Waals surface area contributed by atoms with Gasteiger partial charge in [0.25, 0.3) is 0 Å². The molecule has 1 aromatic heterocycles. The molecule has 0 unspecified atom stereocenters. The van der Waals surface area contributed by atoms with Gasteiger partial charge in [-0.25, -0.2) is 8.42 Å². The molecule has 0 aliphatic rings. The summed E-state index contributed by atoms with van der Waals surface area (Å²) in [5.41, 5.74) is 8.36. The Morgan fingerprint density at radius 2 is 2.05 bits per heavy atom. The monoisotopic (exact) mass is 310 g/mol. The van der Waals surface area contributed by atoms with Gasteiger partial charge in [0.15, 0.2) is 0 Å². The summed E-state index contributed by atoms with van der Waals surface area (Å²) in [5, 5.41) is 3.88. The number of nitrogens with zero attached hydrogens (tertiary/aromatic N) is 1. The molecule has 0 radical (unpaired) electrons. The van der Waals surface area contributed by atoms with E-state index in [-0.39, 0.29) is 4.90 Å². The van der Waals surface area contributed by atoms with Gasteiger partial charge in [-0.1, -0.05) is 13.0 Å². The fourth-order valence-corrected chi connectivity index (χ4v) is 3.81. The van der Waals surface area contributed by atoms with Crippen molar-refractivity contribution in [2.45, 2.75) is 24.8 Å². The predicted octanol–water partition coefficient (Wildman–Crippen LogP) is 2.71. The molecule has 2 aromatic rings. The van der Waals surface area contributed by atoms with Crippen LogP contribution in [0.25, 0.3) is 0 Å². The molecule has 0 spiro atoms. The zero-order valence-corrected chi connectivity index (χ0v) is 13.2. The molecule has 0 saturated heterocycles. The van der Waals surface area contributed by atoms with Crippen molar-refractivity contribution in [3.8, 4) is 0 Å². The minimum atomic E-state index is -3.50. The third-order valence-electron chi connectivity index (χ3n) is 3.19. The van der Waals surface area contributed by atoms with Gasteiger partial charge >= 0.3 is 0 Å². The van der Waals surface area contributed by atoms with Crippen molar-refractivity contribution in [2.75, 3.05) is 12.8 Å². The van der Waals surface area contributed by atoms with Crippen molar-refractivity contribution in [1.29, 1.82) is 0 Å². The van der Waals surface area contributed by atoms with E-state index >= 15 is 0 Å². The first-order valence-electron chi connectivity index (χ1n) is 6.31. The van der Waals surface area contributed by atoms with Gasteiger partial charge in [0.2, 0.25) is 10.0 Å². The van der Waals surface area contributed by atoms with Crippen molar-refractivity contribution in [2.24, 2.45) is 0 Å². The second-order valence-corrected chi connectivity index (χ2v) is 7.43. The second kappa shape index (κ2) is 5.95. The standard InChI is InChI=1S/C14H18N2O2S2/c1-3-12-4-5-13(8-14(12)15)20(17,18)16(2)9-11-6-7-19-10-11/h4-8,10H,3,9,15H2,1-2H3. The van der Waals surface area contributed by atoms with Crippen LogP contribution in [0.4, 0.5) is 5.69 Å². The first-order chi connectivity index (χ1) is 9.45. The molecule has 0 aliphatic heterocycles. The number of hydrogen-bond acceptors (Lipinski definition) is 4. The topological polar surface area (TPSA) is 63.4 Å². The molecule has 108 valence electrons. The number of sulfonamides is 1. The number of nitrogens with two attached hydrogens (primary N) is 1. The number of hydrogen-bond donors (Lipinski definition) is 1. The first kappa shape index (κ1) is 15.0. The first-order valence-corrected chi connectivity index (χ1v) is 8.69. The van der Waals surface area contributed by atoms with E-state index in [0.29, 0.717) is 12.2 Å². The van der Waals surface area contributed by atoms with Crippen molar-refractivity contribution in [1.82, 2.24) is 4.31 Å². The van der Waals surface area contributed by atoms with Gasteiger partial charge in [-0.05, 0) is 46.5 Å². The largest absolute Gasteiger partial charge is 0.398 e. The Bertz CT molecular complexity index is 679. The van der Waals surface area contributed by atoms with E-state index in [9.17, 15) is 8.42 Å². The van der Waals surface area contributed by atoms with Gasteiger partial charge in [0, 0.05) is 19.3 Å². The van der Waals surface area contributed by atoms with Crippen LogP contribution in [0.3, 0.4) is 0 Å². The predicted molar refractivity (Wildman–Crippen MR) is 83.2 cm³/mol. The lowest BCUT2D eigenvalue weighted by atomic mass is 10.1. The van der Waals surface area contributed by atoms with E-state index in [1.165, 1.54) is 10.4 Å². The minimum absolute atomic E-state index is 0.241. The molecule has 6 heteroatoms. The second-order valence-electron chi connectivity index (χ2n) is 4.61. The molecule has 0 amide bonds. The molecule has 4 nitrogen and oxygen atoms in total. The van der Waals surface area contributed by atoms with Crippen molar-refractivity contribution < 1.29 is 8.42 Å². The van der Waals surface area contributed by atoms with E-state index < -0.39 is 10.0 Å². The maximum Gasteiger partial charge on any atom is 0.243 e. The molecule has 2 rings (SSSR count). The van der Waals surface area contributed by atoms with Crippen LogP contribution >= 0.6 is 11.3 Å². The summed E-state index contributed by atoms with van der Waals surface area (Å²) in [6, 6.07) is 6.86. The molecule has 2 N–H and O–H groups in total. The van der Waals surface area contributed by atoms with E-state index in [0.717, 1.165) is 17.5 Å². The highest BCUT2D eigenvalue weighted by atomic mass is 32.2. The lowest BCUT2D eigenvalue weighted by Crippen LogP contribution is -2.26. The summed E-state index contributed by atoms with van der Waals surface area (Å²) in [5.74, 6) is 0. The van der Waals surface area contributed by atoms with Crippen LogP contribution in [-0.4, -0.2) is 19.8 Å². The Kier molecular flexibility index (Phi) is 4.47. The highest BCUT2D eigenvalue weighted by molar-refractivity contribution is 7.89. The van der Waals surface area contributed by atoms with E-state index in [1.807, 2.05) is 23.8 Å². The number of aryl methyl sites for hydroxylation is 1. The fourth-order valence-electron chi connectivity index (χ4n) is 1.96. The van der Waals surface area contributed by atoms with Gasteiger partial charge in [-0.15, -0.1) is 0 Å². The Hall–Kier alpha value is -1.37. The van der Waals surface area contributed by atoms with Crippen molar-refractivity contribution >= 4 is 27.0 Å². The lowest BCUT2D eigenvalue weighted by molar-refractivity contribution is 0.467. The molecule has 1 aromatic carbocycles. The van der Waals surface area contributed by atoms with Crippen LogP contribution in [0.5, 0.6) is 0 Å². The maximum atomic E-state index is 12.5. The van der Waals surface area contributed by atoms with Crippen LogP contribution < -0.4 is 5.73 Å². The minimum Gasteiger partial charge on any atom is -0.398 e. The number of anilines is 1. The van der Waals surface area contributed by atoms with Crippen LogP contribution in [0.1, 0.15) is 18.1 Å². The SMILES string of the molecule is CCc1ccc(S(=O)(=O)N(C)Cc2ccsc2)cc1N. The molecule has 0 atom stereocenters. The zero-order valence-electron chi connectivity index (χ0n) is 11.5. The molecule has 1 heterocycles. The molecule has 0 saturated carbocycles.